The van der Waals surface area contributed by atoms with Gasteiger partial charge in [0.15, 0.2) is 12.6 Å². The number of amides is 1. The first-order chi connectivity index (χ1) is 37.1. The summed E-state index contributed by atoms with van der Waals surface area (Å²) in [6.45, 7) is 2.87. The van der Waals surface area contributed by atoms with Crippen molar-refractivity contribution in [3.63, 3.8) is 0 Å². The Morgan fingerprint density at radius 1 is 0.474 bits per heavy atom. The van der Waals surface area contributed by atoms with E-state index in [9.17, 15) is 45.6 Å². The monoisotopic (exact) mass is 1080 g/mol. The molecule has 446 valence electrons. The Balaban J connectivity index is 1.74. The van der Waals surface area contributed by atoms with Crippen LogP contribution in [-0.2, 0) is 23.7 Å². The van der Waals surface area contributed by atoms with Crippen LogP contribution in [0, 0.1) is 0 Å². The smallest absolute Gasteiger partial charge is 0.220 e. The van der Waals surface area contributed by atoms with Gasteiger partial charge in [0, 0.05) is 6.42 Å². The highest BCUT2D eigenvalue weighted by Crippen LogP contribution is 2.30. The van der Waals surface area contributed by atoms with E-state index < -0.39 is 86.8 Å². The molecule has 0 spiro atoms. The van der Waals surface area contributed by atoms with E-state index in [2.05, 4.69) is 55.6 Å². The van der Waals surface area contributed by atoms with E-state index in [1.54, 1.807) is 0 Å². The number of allylic oxidation sites excluding steroid dienone is 6. The molecule has 14 heteroatoms. The molecule has 0 bridgehead atoms. The number of nitrogens with one attached hydrogen (secondary N) is 1. The lowest BCUT2D eigenvalue weighted by Gasteiger charge is -2.46. The van der Waals surface area contributed by atoms with Crippen molar-refractivity contribution in [1.29, 1.82) is 0 Å². The summed E-state index contributed by atoms with van der Waals surface area (Å²) in [6.07, 6.45) is 41.3. The van der Waals surface area contributed by atoms with E-state index in [4.69, 9.17) is 18.9 Å². The molecule has 2 rings (SSSR count). The molecule has 14 nitrogen and oxygen atoms in total. The molecular formula is C62H115NO13. The van der Waals surface area contributed by atoms with Crippen molar-refractivity contribution < 1.29 is 64.6 Å². The highest BCUT2D eigenvalue weighted by Gasteiger charge is 2.51. The third-order valence-electron chi connectivity index (χ3n) is 15.4. The number of carbonyl (C=O) groups excluding carboxylic acids is 1. The van der Waals surface area contributed by atoms with Crippen molar-refractivity contribution in [2.45, 2.75) is 331 Å². The van der Waals surface area contributed by atoms with Gasteiger partial charge >= 0.3 is 0 Å². The maximum atomic E-state index is 13.3. The van der Waals surface area contributed by atoms with Crippen LogP contribution in [0.2, 0.25) is 0 Å². The van der Waals surface area contributed by atoms with Crippen LogP contribution >= 0.6 is 0 Å². The molecule has 2 heterocycles. The number of hydrogen-bond donors (Lipinski definition) is 9. The van der Waals surface area contributed by atoms with Crippen LogP contribution in [0.3, 0.4) is 0 Å². The molecule has 1 amide bonds. The number of unbranched alkanes of at least 4 members (excludes halogenated alkanes) is 31. The minimum Gasteiger partial charge on any atom is -0.394 e. The highest BCUT2D eigenvalue weighted by atomic mass is 16.7. The van der Waals surface area contributed by atoms with Crippen molar-refractivity contribution in [2.24, 2.45) is 0 Å². The van der Waals surface area contributed by atoms with Gasteiger partial charge in [-0.1, -0.05) is 237 Å². The first-order valence-electron chi connectivity index (χ1n) is 31.2. The lowest BCUT2D eigenvalue weighted by Crippen LogP contribution is -2.65. The Kier molecular flexibility index (Phi) is 44.4. The summed E-state index contributed by atoms with van der Waals surface area (Å²) in [5.41, 5.74) is 0. The Morgan fingerprint density at radius 3 is 1.33 bits per heavy atom. The molecule has 2 saturated heterocycles. The third kappa shape index (κ3) is 33.1. The van der Waals surface area contributed by atoms with E-state index in [0.717, 1.165) is 64.2 Å². The SMILES string of the molecule is CCCCCCC/C=C\C/C=C\C/C=C\CCCCCCCCCCC(=O)NC(COC1OC(CO)C(OC2OC(CO)C(O)C(O)C2O)C(O)C1O)C(O)CCCCCCCCCCCCCCCCCCCCC. The highest BCUT2D eigenvalue weighted by molar-refractivity contribution is 5.76. The summed E-state index contributed by atoms with van der Waals surface area (Å²) < 4.78 is 22.9. The third-order valence-corrected chi connectivity index (χ3v) is 15.4. The molecule has 0 aromatic carbocycles. The molecule has 2 fully saturated rings. The minimum absolute atomic E-state index is 0.212. The first-order valence-corrected chi connectivity index (χ1v) is 31.2. The quantitative estimate of drug-likeness (QED) is 0.0204. The Hall–Kier alpha value is -1.79. The number of carbonyl (C=O) groups is 1. The predicted molar refractivity (Wildman–Crippen MR) is 305 cm³/mol. The Morgan fingerprint density at radius 2 is 0.868 bits per heavy atom. The molecule has 2 aliphatic heterocycles. The molecule has 0 radical (unpaired) electrons. The second-order valence-electron chi connectivity index (χ2n) is 22.2. The molecular weight excluding hydrogens is 967 g/mol. The summed E-state index contributed by atoms with van der Waals surface area (Å²) in [6, 6.07) is -0.833. The van der Waals surface area contributed by atoms with Crippen LogP contribution < -0.4 is 5.32 Å². The van der Waals surface area contributed by atoms with Gasteiger partial charge in [-0.3, -0.25) is 4.79 Å². The minimum atomic E-state index is -1.78. The fourth-order valence-electron chi connectivity index (χ4n) is 10.3. The fourth-order valence-corrected chi connectivity index (χ4v) is 10.3. The normalized spacial score (nSPS) is 25.1. The van der Waals surface area contributed by atoms with Gasteiger partial charge < -0.3 is 65.1 Å². The van der Waals surface area contributed by atoms with Crippen LogP contribution in [0.1, 0.15) is 258 Å². The van der Waals surface area contributed by atoms with Crippen LogP contribution in [-0.4, -0.2) is 140 Å². The van der Waals surface area contributed by atoms with Gasteiger partial charge in [-0.2, -0.15) is 0 Å². The van der Waals surface area contributed by atoms with Gasteiger partial charge in [-0.15, -0.1) is 0 Å². The zero-order valence-corrected chi connectivity index (χ0v) is 48.0. The van der Waals surface area contributed by atoms with Gasteiger partial charge in [0.05, 0.1) is 32.0 Å². The average molecular weight is 1080 g/mol. The summed E-state index contributed by atoms with van der Waals surface area (Å²) in [4.78, 5) is 13.3. The van der Waals surface area contributed by atoms with Gasteiger partial charge in [0.25, 0.3) is 0 Å². The van der Waals surface area contributed by atoms with E-state index in [-0.39, 0.29) is 12.5 Å². The molecule has 0 aromatic rings. The standard InChI is InChI=1S/C62H115NO13/c1-3-5-7-9-11-13-15-17-19-21-23-24-25-26-28-30-32-34-36-38-40-42-44-46-54(67)63-50(51(66)45-43-41-39-37-35-33-31-29-27-22-20-18-16-14-12-10-8-6-4-2)49-73-61-59(72)57(70)60(53(48-65)75-61)76-62-58(71)56(69)55(68)52(47-64)74-62/h15,17,21,23,25-26,50-53,55-62,64-66,68-72H,3-14,16,18-20,22,24,27-49H2,1-2H3,(H,63,67)/b17-15-,23-21-,26-25-. The van der Waals surface area contributed by atoms with Crippen LogP contribution in [0.4, 0.5) is 0 Å². The Labute approximate surface area is 461 Å². The average Bonchev–Trinajstić information content (AvgIpc) is 3.42. The largest absolute Gasteiger partial charge is 0.394 e. The van der Waals surface area contributed by atoms with E-state index in [1.807, 2.05) is 0 Å². The van der Waals surface area contributed by atoms with Crippen molar-refractivity contribution in [3.05, 3.63) is 36.5 Å². The summed E-state index contributed by atoms with van der Waals surface area (Å²) in [7, 11) is 0. The molecule has 0 saturated carbocycles. The topological polar surface area (TPSA) is 228 Å². The van der Waals surface area contributed by atoms with E-state index in [1.165, 1.54) is 161 Å². The van der Waals surface area contributed by atoms with Crippen molar-refractivity contribution >= 4 is 5.91 Å². The second-order valence-corrected chi connectivity index (χ2v) is 22.2. The number of rotatable bonds is 50. The second kappa shape index (κ2) is 48.0. The maximum absolute atomic E-state index is 13.3. The molecule has 12 unspecified atom stereocenters. The van der Waals surface area contributed by atoms with Gasteiger partial charge in [-0.25, -0.2) is 0 Å². The number of ether oxygens (including phenoxy) is 4. The first kappa shape index (κ1) is 70.3. The molecule has 12 atom stereocenters. The number of aliphatic hydroxyl groups is 8. The lowest BCUT2D eigenvalue weighted by molar-refractivity contribution is -0.359. The lowest BCUT2D eigenvalue weighted by atomic mass is 9.97. The molecule has 2 aliphatic rings. The Bertz CT molecular complexity index is 1410. The van der Waals surface area contributed by atoms with Crippen LogP contribution in [0.5, 0.6) is 0 Å². The van der Waals surface area contributed by atoms with Crippen LogP contribution in [0.15, 0.2) is 36.5 Å². The number of aliphatic hydroxyl groups excluding tert-OH is 8. The molecule has 0 aromatic heterocycles. The van der Waals surface area contributed by atoms with Crippen molar-refractivity contribution in [3.8, 4) is 0 Å². The van der Waals surface area contributed by atoms with E-state index in [0.29, 0.717) is 19.3 Å². The van der Waals surface area contributed by atoms with Crippen LogP contribution in [0.25, 0.3) is 0 Å². The zero-order chi connectivity index (χ0) is 55.3. The molecule has 76 heavy (non-hydrogen) atoms. The maximum Gasteiger partial charge on any atom is 0.220 e. The summed E-state index contributed by atoms with van der Waals surface area (Å²) >= 11 is 0. The molecule has 9 N–H and O–H groups in total. The van der Waals surface area contributed by atoms with Gasteiger partial charge in [0.1, 0.15) is 48.8 Å². The summed E-state index contributed by atoms with van der Waals surface area (Å²) in [5.74, 6) is -0.212. The predicted octanol–water partition coefficient (Wildman–Crippen LogP) is 11.0. The van der Waals surface area contributed by atoms with Crippen molar-refractivity contribution in [2.75, 3.05) is 19.8 Å². The summed E-state index contributed by atoms with van der Waals surface area (Å²) in [5, 5.41) is 87.4. The van der Waals surface area contributed by atoms with Gasteiger partial charge in [-0.05, 0) is 51.4 Å². The number of hydrogen-bond acceptors (Lipinski definition) is 13. The van der Waals surface area contributed by atoms with E-state index >= 15 is 0 Å². The molecule has 0 aliphatic carbocycles. The van der Waals surface area contributed by atoms with Crippen molar-refractivity contribution in [1.82, 2.24) is 5.32 Å². The zero-order valence-electron chi connectivity index (χ0n) is 48.0. The fraction of sp³-hybridized carbons (Fsp3) is 0.887. The van der Waals surface area contributed by atoms with Gasteiger partial charge in [0.2, 0.25) is 5.91 Å².